The molecule has 1 aliphatic heterocycles. The third-order valence-electron chi connectivity index (χ3n) is 4.08. The molecule has 26 heavy (non-hydrogen) atoms. The molecular formula is C18H21N3O4S. The largest absolute Gasteiger partial charge is 0.373 e. The lowest BCUT2D eigenvalue weighted by atomic mass is 10.2. The molecule has 1 N–H and O–H groups in total. The van der Waals surface area contributed by atoms with E-state index in [0.29, 0.717) is 24.3 Å². The molecule has 0 radical (unpaired) electrons. The summed E-state index contributed by atoms with van der Waals surface area (Å²) in [5.74, 6) is -0.279. The van der Waals surface area contributed by atoms with Crippen molar-refractivity contribution in [3.05, 3.63) is 54.4 Å². The minimum absolute atomic E-state index is 0.146. The summed E-state index contributed by atoms with van der Waals surface area (Å²) < 4.78 is 32.7. The average molecular weight is 375 g/mol. The molecule has 2 atom stereocenters. The summed E-state index contributed by atoms with van der Waals surface area (Å²) in [7, 11) is -3.59. The van der Waals surface area contributed by atoms with E-state index in [1.807, 2.05) is 13.8 Å². The van der Waals surface area contributed by atoms with Gasteiger partial charge in [0, 0.05) is 36.7 Å². The molecule has 3 rings (SSSR count). The molecule has 1 aromatic heterocycles. The third-order valence-corrected chi connectivity index (χ3v) is 5.92. The van der Waals surface area contributed by atoms with E-state index in [1.165, 1.54) is 28.8 Å². The fourth-order valence-corrected chi connectivity index (χ4v) is 4.48. The fraction of sp³-hybridized carbons (Fsp3) is 0.333. The number of benzene rings is 1. The lowest BCUT2D eigenvalue weighted by molar-refractivity contribution is -0.0440. The second-order valence-corrected chi connectivity index (χ2v) is 8.23. The van der Waals surface area contributed by atoms with E-state index < -0.39 is 10.0 Å². The van der Waals surface area contributed by atoms with Crippen LogP contribution in [0.5, 0.6) is 0 Å². The Morgan fingerprint density at radius 3 is 2.23 bits per heavy atom. The van der Waals surface area contributed by atoms with Crippen LogP contribution in [0.15, 0.2) is 53.7 Å². The van der Waals surface area contributed by atoms with E-state index in [4.69, 9.17) is 4.74 Å². The van der Waals surface area contributed by atoms with Gasteiger partial charge in [0.25, 0.3) is 5.91 Å². The molecule has 8 heteroatoms. The number of carbonyl (C=O) groups is 1. The van der Waals surface area contributed by atoms with Gasteiger partial charge in [0.15, 0.2) is 0 Å². The molecule has 1 aromatic carbocycles. The molecule has 1 amide bonds. The molecule has 1 aliphatic rings. The maximum atomic E-state index is 12.8. The number of rotatable bonds is 4. The van der Waals surface area contributed by atoms with Gasteiger partial charge in [-0.2, -0.15) is 4.31 Å². The second-order valence-electron chi connectivity index (χ2n) is 6.29. The third kappa shape index (κ3) is 4.09. The minimum Gasteiger partial charge on any atom is -0.373 e. The predicted molar refractivity (Wildman–Crippen MR) is 97.4 cm³/mol. The van der Waals surface area contributed by atoms with Crippen LogP contribution in [0.25, 0.3) is 0 Å². The zero-order valence-electron chi connectivity index (χ0n) is 14.6. The number of carbonyl (C=O) groups excluding carboxylic acids is 1. The van der Waals surface area contributed by atoms with Crippen LogP contribution in [0.1, 0.15) is 24.2 Å². The van der Waals surface area contributed by atoms with Crippen LogP contribution >= 0.6 is 0 Å². The van der Waals surface area contributed by atoms with E-state index in [1.54, 1.807) is 24.3 Å². The monoisotopic (exact) mass is 375 g/mol. The first kappa shape index (κ1) is 18.5. The first-order chi connectivity index (χ1) is 12.4. The number of nitrogens with zero attached hydrogens (tertiary/aromatic N) is 2. The molecule has 2 heterocycles. The Morgan fingerprint density at radius 2 is 1.65 bits per heavy atom. The van der Waals surface area contributed by atoms with Gasteiger partial charge in [-0.05, 0) is 50.2 Å². The van der Waals surface area contributed by atoms with Gasteiger partial charge in [-0.1, -0.05) is 0 Å². The van der Waals surface area contributed by atoms with Crippen LogP contribution in [-0.2, 0) is 14.8 Å². The van der Waals surface area contributed by atoms with Crippen molar-refractivity contribution in [3.8, 4) is 0 Å². The zero-order chi connectivity index (χ0) is 18.7. The van der Waals surface area contributed by atoms with E-state index in [-0.39, 0.29) is 23.0 Å². The minimum atomic E-state index is -3.59. The summed E-state index contributed by atoms with van der Waals surface area (Å²) in [5, 5.41) is 2.74. The first-order valence-corrected chi connectivity index (χ1v) is 9.77. The Hall–Kier alpha value is -2.29. The topological polar surface area (TPSA) is 88.6 Å². The number of amides is 1. The summed E-state index contributed by atoms with van der Waals surface area (Å²) in [4.78, 5) is 16.2. The van der Waals surface area contributed by atoms with Crippen LogP contribution in [0.2, 0.25) is 0 Å². The summed E-state index contributed by atoms with van der Waals surface area (Å²) in [5.41, 5.74) is 1.00. The number of hydrogen-bond acceptors (Lipinski definition) is 5. The van der Waals surface area contributed by atoms with Gasteiger partial charge in [0.05, 0.1) is 17.1 Å². The maximum absolute atomic E-state index is 12.8. The number of morpholine rings is 1. The van der Waals surface area contributed by atoms with Gasteiger partial charge in [0.2, 0.25) is 10.0 Å². The molecule has 0 unspecified atom stereocenters. The summed E-state index contributed by atoms with van der Waals surface area (Å²) in [6.45, 7) is 4.37. The van der Waals surface area contributed by atoms with Gasteiger partial charge in [-0.15, -0.1) is 0 Å². The average Bonchev–Trinajstić information content (AvgIpc) is 2.62. The highest BCUT2D eigenvalue weighted by atomic mass is 32.2. The molecule has 1 fully saturated rings. The number of hydrogen-bond donors (Lipinski definition) is 1. The number of nitrogens with one attached hydrogen (secondary N) is 1. The van der Waals surface area contributed by atoms with Crippen molar-refractivity contribution in [2.75, 3.05) is 18.4 Å². The van der Waals surface area contributed by atoms with Crippen molar-refractivity contribution in [2.45, 2.75) is 31.0 Å². The Kier molecular flexibility index (Phi) is 5.36. The van der Waals surface area contributed by atoms with Gasteiger partial charge in [-0.3, -0.25) is 9.78 Å². The number of sulfonamides is 1. The molecular weight excluding hydrogens is 354 g/mol. The summed E-state index contributed by atoms with van der Waals surface area (Å²) in [6, 6.07) is 9.38. The van der Waals surface area contributed by atoms with Gasteiger partial charge < -0.3 is 10.1 Å². The molecule has 138 valence electrons. The highest BCUT2D eigenvalue weighted by molar-refractivity contribution is 7.89. The van der Waals surface area contributed by atoms with Crippen LogP contribution in [0, 0.1) is 0 Å². The predicted octanol–water partition coefficient (Wildman–Crippen LogP) is 2.13. The Bertz CT molecular complexity index is 859. The normalized spacial score (nSPS) is 21.3. The van der Waals surface area contributed by atoms with E-state index in [9.17, 15) is 13.2 Å². The standard InChI is InChI=1S/C18H21N3O4S/c1-13-11-21(12-14(2)25-13)26(23,24)17-5-3-16(4-6-17)20-18(22)15-7-9-19-10-8-15/h3-10,13-14H,11-12H2,1-2H3,(H,20,22)/t13-,14-/m0/s1. The molecule has 1 saturated heterocycles. The SMILES string of the molecule is C[C@H]1CN(S(=O)(=O)c2ccc(NC(=O)c3ccncc3)cc2)C[C@H](C)O1. The van der Waals surface area contributed by atoms with Gasteiger partial charge in [0.1, 0.15) is 0 Å². The van der Waals surface area contributed by atoms with E-state index in [0.717, 1.165) is 0 Å². The Morgan fingerprint density at radius 1 is 1.08 bits per heavy atom. The van der Waals surface area contributed by atoms with Crippen LogP contribution in [0.4, 0.5) is 5.69 Å². The van der Waals surface area contributed by atoms with Crippen LogP contribution in [0.3, 0.4) is 0 Å². The summed E-state index contributed by atoms with van der Waals surface area (Å²) >= 11 is 0. The summed E-state index contributed by atoms with van der Waals surface area (Å²) in [6.07, 6.45) is 2.78. The molecule has 0 spiro atoms. The van der Waals surface area contributed by atoms with Crippen LogP contribution < -0.4 is 5.32 Å². The lowest BCUT2D eigenvalue weighted by Crippen LogP contribution is -2.48. The Labute approximate surface area is 153 Å². The lowest BCUT2D eigenvalue weighted by Gasteiger charge is -2.34. The Balaban J connectivity index is 1.73. The molecule has 2 aromatic rings. The smallest absolute Gasteiger partial charge is 0.255 e. The quantitative estimate of drug-likeness (QED) is 0.884. The number of ether oxygens (including phenoxy) is 1. The van der Waals surface area contributed by atoms with Crippen molar-refractivity contribution < 1.29 is 17.9 Å². The number of anilines is 1. The maximum Gasteiger partial charge on any atom is 0.255 e. The van der Waals surface area contributed by atoms with Crippen molar-refractivity contribution in [2.24, 2.45) is 0 Å². The molecule has 0 bridgehead atoms. The molecule has 0 saturated carbocycles. The van der Waals surface area contributed by atoms with Gasteiger partial charge >= 0.3 is 0 Å². The van der Waals surface area contributed by atoms with Gasteiger partial charge in [-0.25, -0.2) is 8.42 Å². The number of pyridine rings is 1. The van der Waals surface area contributed by atoms with Crippen molar-refractivity contribution in [1.82, 2.24) is 9.29 Å². The van der Waals surface area contributed by atoms with E-state index >= 15 is 0 Å². The van der Waals surface area contributed by atoms with Crippen LogP contribution in [-0.4, -0.2) is 48.9 Å². The van der Waals surface area contributed by atoms with Crippen molar-refractivity contribution in [1.29, 1.82) is 0 Å². The first-order valence-electron chi connectivity index (χ1n) is 8.33. The van der Waals surface area contributed by atoms with Crippen molar-refractivity contribution >= 4 is 21.6 Å². The second kappa shape index (κ2) is 7.53. The molecule has 0 aliphatic carbocycles. The number of aromatic nitrogens is 1. The zero-order valence-corrected chi connectivity index (χ0v) is 15.4. The molecule has 7 nitrogen and oxygen atoms in total. The van der Waals surface area contributed by atoms with E-state index in [2.05, 4.69) is 10.3 Å². The highest BCUT2D eigenvalue weighted by Gasteiger charge is 2.32. The highest BCUT2D eigenvalue weighted by Crippen LogP contribution is 2.22. The fourth-order valence-electron chi connectivity index (χ4n) is 2.89. The van der Waals surface area contributed by atoms with Crippen molar-refractivity contribution in [3.63, 3.8) is 0 Å².